The van der Waals surface area contributed by atoms with Crippen molar-refractivity contribution >= 4 is 44.9 Å². The van der Waals surface area contributed by atoms with Crippen LogP contribution >= 0.6 is 39.0 Å². The third kappa shape index (κ3) is 2.08. The highest BCUT2D eigenvalue weighted by Gasteiger charge is 2.20. The molecule has 1 fully saturated rings. The smallest absolute Gasteiger partial charge is 0.255 e. The van der Waals surface area contributed by atoms with Crippen LogP contribution in [0.15, 0.2) is 15.2 Å². The van der Waals surface area contributed by atoms with Gasteiger partial charge < -0.3 is 4.90 Å². The van der Waals surface area contributed by atoms with Gasteiger partial charge in [-0.25, -0.2) is 0 Å². The molecule has 1 aromatic heterocycles. The first kappa shape index (κ1) is 9.55. The van der Waals surface area contributed by atoms with Crippen LogP contribution in [0.3, 0.4) is 0 Å². The van der Waals surface area contributed by atoms with Gasteiger partial charge in [-0.1, -0.05) is 0 Å². The van der Waals surface area contributed by atoms with Gasteiger partial charge in [0.2, 0.25) is 0 Å². The first-order chi connectivity index (χ1) is 6.27. The molecule has 0 saturated carbocycles. The average Bonchev–Trinajstić information content (AvgIpc) is 2.72. The van der Waals surface area contributed by atoms with Crippen molar-refractivity contribution in [3.05, 3.63) is 20.8 Å². The zero-order valence-corrected chi connectivity index (χ0v) is 10.0. The monoisotopic (exact) mass is 277 g/mol. The summed E-state index contributed by atoms with van der Waals surface area (Å²) in [5.41, 5.74) is 0.805. The number of rotatable bonds is 1. The Morgan fingerprint density at radius 3 is 3.00 bits per heavy atom. The van der Waals surface area contributed by atoms with E-state index in [9.17, 15) is 4.79 Å². The van der Waals surface area contributed by atoms with Crippen LogP contribution in [-0.4, -0.2) is 29.0 Å². The minimum absolute atomic E-state index is 0.159. The van der Waals surface area contributed by atoms with Crippen LogP contribution in [0.2, 0.25) is 0 Å². The van der Waals surface area contributed by atoms with E-state index in [0.29, 0.717) is 0 Å². The second kappa shape index (κ2) is 4.02. The van der Waals surface area contributed by atoms with Crippen LogP contribution in [0.25, 0.3) is 0 Å². The molecule has 2 rings (SSSR count). The van der Waals surface area contributed by atoms with Crippen molar-refractivity contribution in [2.45, 2.75) is 0 Å². The number of nitrogens with zero attached hydrogens (tertiary/aromatic N) is 1. The van der Waals surface area contributed by atoms with E-state index in [0.717, 1.165) is 27.5 Å². The van der Waals surface area contributed by atoms with Crippen LogP contribution in [0.4, 0.5) is 0 Å². The summed E-state index contributed by atoms with van der Waals surface area (Å²) in [4.78, 5) is 13.6. The maximum Gasteiger partial charge on any atom is 0.255 e. The first-order valence-corrected chi connectivity index (χ1v) is 6.71. The fourth-order valence-corrected chi connectivity index (χ4v) is 3.25. The molecule has 0 radical (unpaired) electrons. The molecule has 0 N–H and O–H groups in total. The van der Waals surface area contributed by atoms with Crippen LogP contribution in [-0.2, 0) is 0 Å². The Morgan fingerprint density at radius 2 is 2.46 bits per heavy atom. The molecule has 0 aliphatic carbocycles. The fourth-order valence-electron chi connectivity index (χ4n) is 1.18. The molecular weight excluding hydrogens is 270 g/mol. The van der Waals surface area contributed by atoms with E-state index in [-0.39, 0.29) is 5.91 Å². The van der Waals surface area contributed by atoms with Crippen molar-refractivity contribution in [1.82, 2.24) is 4.90 Å². The Morgan fingerprint density at radius 1 is 1.62 bits per heavy atom. The van der Waals surface area contributed by atoms with Gasteiger partial charge in [0, 0.05) is 17.7 Å². The Bertz CT molecular complexity index is 320. The van der Waals surface area contributed by atoms with Crippen molar-refractivity contribution in [2.24, 2.45) is 0 Å². The summed E-state index contributed by atoms with van der Waals surface area (Å²) in [6.07, 6.45) is 0. The largest absolute Gasteiger partial charge is 0.329 e. The number of hydrogen-bond donors (Lipinski definition) is 0. The molecular formula is C8H8BrNOS2. The molecule has 1 amide bonds. The van der Waals surface area contributed by atoms with Crippen molar-refractivity contribution in [3.63, 3.8) is 0 Å². The van der Waals surface area contributed by atoms with Crippen molar-refractivity contribution in [1.29, 1.82) is 0 Å². The lowest BCUT2D eigenvalue weighted by molar-refractivity contribution is 0.0803. The van der Waals surface area contributed by atoms with Crippen LogP contribution in [0.5, 0.6) is 0 Å². The van der Waals surface area contributed by atoms with Crippen LogP contribution in [0, 0.1) is 0 Å². The minimum atomic E-state index is 0.159. The van der Waals surface area contributed by atoms with Gasteiger partial charge in [-0.05, 0) is 22.0 Å². The van der Waals surface area contributed by atoms with Crippen LogP contribution < -0.4 is 0 Å². The van der Waals surface area contributed by atoms with Gasteiger partial charge >= 0.3 is 0 Å². The summed E-state index contributed by atoms with van der Waals surface area (Å²) in [5.74, 6) is 2.07. The molecule has 1 aliphatic rings. The molecule has 0 unspecified atom stereocenters. The highest BCUT2D eigenvalue weighted by atomic mass is 79.9. The average molecular weight is 278 g/mol. The summed E-state index contributed by atoms with van der Waals surface area (Å²) >= 11 is 6.71. The maximum atomic E-state index is 11.8. The third-order valence-corrected chi connectivity index (χ3v) is 4.32. The molecule has 0 aromatic carbocycles. The zero-order chi connectivity index (χ0) is 9.26. The number of carbonyl (C=O) groups is 1. The Labute approximate surface area is 93.4 Å². The van der Waals surface area contributed by atoms with Crippen molar-refractivity contribution in [3.8, 4) is 0 Å². The van der Waals surface area contributed by atoms with Gasteiger partial charge in [0.05, 0.1) is 15.2 Å². The van der Waals surface area contributed by atoms with Gasteiger partial charge in [0.25, 0.3) is 5.91 Å². The van der Waals surface area contributed by atoms with E-state index < -0.39 is 0 Å². The molecule has 13 heavy (non-hydrogen) atoms. The number of halogens is 1. The quantitative estimate of drug-likeness (QED) is 0.787. The summed E-state index contributed by atoms with van der Waals surface area (Å²) in [7, 11) is 0. The fraction of sp³-hybridized carbons (Fsp3) is 0.375. The number of amides is 1. The summed E-state index contributed by atoms with van der Waals surface area (Å²) < 4.78 is 1.02. The topological polar surface area (TPSA) is 20.3 Å². The molecule has 2 nitrogen and oxygen atoms in total. The SMILES string of the molecule is O=C(c1csc(Br)c1)N1CCSC1. The highest BCUT2D eigenvalue weighted by Crippen LogP contribution is 2.23. The molecule has 0 bridgehead atoms. The number of carbonyl (C=O) groups excluding carboxylic acids is 1. The first-order valence-electron chi connectivity index (χ1n) is 3.88. The van der Waals surface area contributed by atoms with E-state index in [1.807, 2.05) is 28.1 Å². The van der Waals surface area contributed by atoms with Gasteiger partial charge in [0.15, 0.2) is 0 Å². The van der Waals surface area contributed by atoms with E-state index >= 15 is 0 Å². The molecule has 70 valence electrons. The normalized spacial score (nSPS) is 16.5. The van der Waals surface area contributed by atoms with E-state index in [2.05, 4.69) is 15.9 Å². The maximum absolute atomic E-state index is 11.8. The van der Waals surface area contributed by atoms with E-state index in [4.69, 9.17) is 0 Å². The second-order valence-corrected chi connectivity index (χ2v) is 6.11. The number of thiophene rings is 1. The Kier molecular flexibility index (Phi) is 2.96. The number of thioether (sulfide) groups is 1. The standard InChI is InChI=1S/C8H8BrNOS2/c9-7-3-6(4-13-7)8(11)10-1-2-12-5-10/h3-4H,1-2,5H2. The predicted molar refractivity (Wildman–Crippen MR) is 60.4 cm³/mol. The zero-order valence-electron chi connectivity index (χ0n) is 6.83. The predicted octanol–water partition coefficient (Wildman–Crippen LogP) is 2.66. The van der Waals surface area contributed by atoms with E-state index in [1.54, 1.807) is 11.3 Å². The van der Waals surface area contributed by atoms with E-state index in [1.165, 1.54) is 0 Å². The molecule has 1 aromatic rings. The summed E-state index contributed by atoms with van der Waals surface area (Å²) in [5, 5.41) is 1.90. The van der Waals surface area contributed by atoms with Crippen LogP contribution in [0.1, 0.15) is 10.4 Å². The molecule has 1 aliphatic heterocycles. The molecule has 2 heterocycles. The molecule has 0 spiro atoms. The molecule has 5 heteroatoms. The van der Waals surface area contributed by atoms with Gasteiger partial charge in [-0.3, -0.25) is 4.79 Å². The summed E-state index contributed by atoms with van der Waals surface area (Å²) in [6, 6.07) is 1.88. The van der Waals surface area contributed by atoms with Gasteiger partial charge in [-0.15, -0.1) is 23.1 Å². The minimum Gasteiger partial charge on any atom is -0.329 e. The lowest BCUT2D eigenvalue weighted by Gasteiger charge is -2.12. The van der Waals surface area contributed by atoms with Crippen molar-refractivity contribution in [2.75, 3.05) is 18.2 Å². The Balaban J connectivity index is 2.12. The highest BCUT2D eigenvalue weighted by molar-refractivity contribution is 9.11. The van der Waals surface area contributed by atoms with Gasteiger partial charge in [-0.2, -0.15) is 0 Å². The lowest BCUT2D eigenvalue weighted by atomic mass is 10.3. The summed E-state index contributed by atoms with van der Waals surface area (Å²) in [6.45, 7) is 0.886. The number of hydrogen-bond acceptors (Lipinski definition) is 3. The second-order valence-electron chi connectivity index (χ2n) is 2.75. The third-order valence-electron chi connectivity index (χ3n) is 1.85. The van der Waals surface area contributed by atoms with Crippen molar-refractivity contribution < 1.29 is 4.79 Å². The lowest BCUT2D eigenvalue weighted by Crippen LogP contribution is -2.27. The van der Waals surface area contributed by atoms with Gasteiger partial charge in [0.1, 0.15) is 0 Å². The molecule has 1 saturated heterocycles. The Hall–Kier alpha value is -0.000000000000000167. The molecule has 0 atom stereocenters.